The molecule has 1 aromatic carbocycles. The van der Waals surface area contributed by atoms with Crippen LogP contribution in [0.25, 0.3) is 0 Å². The highest BCUT2D eigenvalue weighted by Crippen LogP contribution is 2.34. The van der Waals surface area contributed by atoms with E-state index in [-0.39, 0.29) is 0 Å². The van der Waals surface area contributed by atoms with Gasteiger partial charge < -0.3 is 10.6 Å². The number of benzene rings is 1. The fraction of sp³-hybridized carbons (Fsp3) is 0.250. The van der Waals surface area contributed by atoms with Crippen LogP contribution in [-0.4, -0.2) is 16.7 Å². The molecule has 0 saturated heterocycles. The molecule has 1 aliphatic rings. The molecule has 4 heteroatoms. The molecule has 3 N–H and O–H groups in total. The largest absolute Gasteiger partial charge is 0.382 e. The minimum Gasteiger partial charge on any atom is -0.382 e. The third kappa shape index (κ3) is 1.34. The zero-order valence-corrected chi connectivity index (χ0v) is 8.98. The second-order valence-electron chi connectivity index (χ2n) is 4.05. The predicted molar refractivity (Wildman–Crippen MR) is 64.8 cm³/mol. The number of hydrogen-bond acceptors (Lipinski definition) is 3. The molecule has 2 aromatic rings. The van der Waals surface area contributed by atoms with Crippen LogP contribution in [0.4, 0.5) is 17.2 Å². The summed E-state index contributed by atoms with van der Waals surface area (Å²) in [6.07, 6.45) is 4.09. The predicted octanol–water partition coefficient (Wildman–Crippen LogP) is 2.08. The molecule has 1 aromatic heterocycles. The average Bonchev–Trinajstić information content (AvgIpc) is 2.75. The van der Waals surface area contributed by atoms with Gasteiger partial charge in [0.05, 0.1) is 6.20 Å². The Morgan fingerprint density at radius 3 is 2.94 bits per heavy atom. The van der Waals surface area contributed by atoms with Gasteiger partial charge in [0, 0.05) is 12.2 Å². The number of H-pyrrole nitrogens is 1. The molecule has 0 amide bonds. The molecule has 0 atom stereocenters. The van der Waals surface area contributed by atoms with Crippen molar-refractivity contribution in [1.82, 2.24) is 10.2 Å². The molecule has 0 saturated carbocycles. The maximum absolute atomic E-state index is 5.87. The third-order valence-corrected chi connectivity index (χ3v) is 3.05. The first kappa shape index (κ1) is 9.27. The molecular weight excluding hydrogens is 200 g/mol. The summed E-state index contributed by atoms with van der Waals surface area (Å²) in [5, 5.41) is 6.76. The lowest BCUT2D eigenvalue weighted by Gasteiger charge is -2.30. The van der Waals surface area contributed by atoms with E-state index in [2.05, 4.69) is 39.4 Å². The SMILES string of the molecule is Nc1[nH]ncc1N1CCCc2ccccc21. The van der Waals surface area contributed by atoms with Crippen molar-refractivity contribution in [2.24, 2.45) is 0 Å². The summed E-state index contributed by atoms with van der Waals surface area (Å²) in [7, 11) is 0. The summed E-state index contributed by atoms with van der Waals surface area (Å²) in [6, 6.07) is 8.47. The van der Waals surface area contributed by atoms with Crippen LogP contribution in [0.15, 0.2) is 30.5 Å². The molecule has 0 unspecified atom stereocenters. The summed E-state index contributed by atoms with van der Waals surface area (Å²) in [4.78, 5) is 2.23. The number of anilines is 3. The summed E-state index contributed by atoms with van der Waals surface area (Å²) < 4.78 is 0. The number of aromatic amines is 1. The van der Waals surface area contributed by atoms with E-state index in [1.54, 1.807) is 6.20 Å². The van der Waals surface area contributed by atoms with Crippen LogP contribution in [0, 0.1) is 0 Å². The van der Waals surface area contributed by atoms with Gasteiger partial charge in [-0.2, -0.15) is 5.10 Å². The van der Waals surface area contributed by atoms with Crippen molar-refractivity contribution >= 4 is 17.2 Å². The van der Waals surface area contributed by atoms with E-state index in [1.165, 1.54) is 11.3 Å². The van der Waals surface area contributed by atoms with E-state index in [1.807, 2.05) is 0 Å². The van der Waals surface area contributed by atoms with Crippen molar-refractivity contribution in [2.45, 2.75) is 12.8 Å². The molecule has 3 rings (SSSR count). The topological polar surface area (TPSA) is 57.9 Å². The van der Waals surface area contributed by atoms with E-state index >= 15 is 0 Å². The maximum atomic E-state index is 5.87. The van der Waals surface area contributed by atoms with Gasteiger partial charge in [0.15, 0.2) is 0 Å². The van der Waals surface area contributed by atoms with Crippen molar-refractivity contribution in [3.63, 3.8) is 0 Å². The second-order valence-corrected chi connectivity index (χ2v) is 4.05. The van der Waals surface area contributed by atoms with Gasteiger partial charge in [-0.15, -0.1) is 0 Å². The van der Waals surface area contributed by atoms with Gasteiger partial charge in [0.25, 0.3) is 0 Å². The van der Waals surface area contributed by atoms with Crippen LogP contribution in [0.2, 0.25) is 0 Å². The monoisotopic (exact) mass is 214 g/mol. The van der Waals surface area contributed by atoms with Gasteiger partial charge in [-0.3, -0.25) is 5.10 Å². The third-order valence-electron chi connectivity index (χ3n) is 3.05. The normalized spacial score (nSPS) is 14.9. The van der Waals surface area contributed by atoms with E-state index in [9.17, 15) is 0 Å². The van der Waals surface area contributed by atoms with Crippen molar-refractivity contribution < 1.29 is 0 Å². The van der Waals surface area contributed by atoms with Crippen molar-refractivity contribution in [3.8, 4) is 0 Å². The number of para-hydroxylation sites is 1. The zero-order chi connectivity index (χ0) is 11.0. The Morgan fingerprint density at radius 1 is 1.25 bits per heavy atom. The number of nitrogens with one attached hydrogen (secondary N) is 1. The quantitative estimate of drug-likeness (QED) is 0.764. The first-order chi connectivity index (χ1) is 7.86. The highest BCUT2D eigenvalue weighted by atomic mass is 15.2. The van der Waals surface area contributed by atoms with Gasteiger partial charge in [-0.25, -0.2) is 0 Å². The van der Waals surface area contributed by atoms with E-state index in [0.29, 0.717) is 5.82 Å². The molecule has 0 bridgehead atoms. The van der Waals surface area contributed by atoms with Crippen LogP contribution >= 0.6 is 0 Å². The lowest BCUT2D eigenvalue weighted by molar-refractivity contribution is 0.767. The van der Waals surface area contributed by atoms with Crippen molar-refractivity contribution in [2.75, 3.05) is 17.2 Å². The Labute approximate surface area is 94.1 Å². The number of nitrogen functional groups attached to an aromatic ring is 1. The molecule has 0 fully saturated rings. The van der Waals surface area contributed by atoms with Crippen LogP contribution in [-0.2, 0) is 6.42 Å². The van der Waals surface area contributed by atoms with Crippen molar-refractivity contribution in [3.05, 3.63) is 36.0 Å². The first-order valence-electron chi connectivity index (χ1n) is 5.50. The lowest BCUT2D eigenvalue weighted by atomic mass is 10.0. The van der Waals surface area contributed by atoms with E-state index in [4.69, 9.17) is 5.73 Å². The number of fused-ring (bicyclic) bond motifs is 1. The number of nitrogens with two attached hydrogens (primary N) is 1. The highest BCUT2D eigenvalue weighted by Gasteiger charge is 2.20. The molecular formula is C12H14N4. The minimum absolute atomic E-state index is 0.636. The van der Waals surface area contributed by atoms with Crippen LogP contribution in [0.1, 0.15) is 12.0 Å². The maximum Gasteiger partial charge on any atom is 0.143 e. The Kier molecular flexibility index (Phi) is 2.06. The number of nitrogens with zero attached hydrogens (tertiary/aromatic N) is 2. The Morgan fingerprint density at radius 2 is 2.12 bits per heavy atom. The zero-order valence-electron chi connectivity index (χ0n) is 8.98. The van der Waals surface area contributed by atoms with Gasteiger partial charge in [0.2, 0.25) is 0 Å². The molecule has 1 aliphatic heterocycles. The fourth-order valence-electron chi connectivity index (χ4n) is 2.29. The Bertz CT molecular complexity index is 503. The van der Waals surface area contributed by atoms with Gasteiger partial charge in [0.1, 0.15) is 11.5 Å². The smallest absolute Gasteiger partial charge is 0.143 e. The summed E-state index contributed by atoms with van der Waals surface area (Å²) >= 11 is 0. The first-order valence-corrected chi connectivity index (χ1v) is 5.50. The molecule has 2 heterocycles. The lowest BCUT2D eigenvalue weighted by Crippen LogP contribution is -2.24. The number of rotatable bonds is 1. The van der Waals surface area contributed by atoms with Crippen LogP contribution < -0.4 is 10.6 Å². The molecule has 0 aliphatic carbocycles. The second kappa shape index (κ2) is 3.56. The summed E-state index contributed by atoms with van der Waals surface area (Å²) in [5.41, 5.74) is 9.48. The molecule has 4 nitrogen and oxygen atoms in total. The van der Waals surface area contributed by atoms with E-state index in [0.717, 1.165) is 25.1 Å². The highest BCUT2D eigenvalue weighted by molar-refractivity contribution is 5.74. The number of hydrogen-bond donors (Lipinski definition) is 2. The number of aromatic nitrogens is 2. The van der Waals surface area contributed by atoms with Crippen LogP contribution in [0.5, 0.6) is 0 Å². The Hall–Kier alpha value is -1.97. The summed E-state index contributed by atoms with van der Waals surface area (Å²) in [6.45, 7) is 1.00. The average molecular weight is 214 g/mol. The molecule has 82 valence electrons. The minimum atomic E-state index is 0.636. The molecule has 0 radical (unpaired) electrons. The van der Waals surface area contributed by atoms with Gasteiger partial charge in [-0.05, 0) is 24.5 Å². The Balaban J connectivity index is 2.08. The van der Waals surface area contributed by atoms with Crippen molar-refractivity contribution in [1.29, 1.82) is 0 Å². The van der Waals surface area contributed by atoms with Gasteiger partial charge >= 0.3 is 0 Å². The fourth-order valence-corrected chi connectivity index (χ4v) is 2.29. The van der Waals surface area contributed by atoms with E-state index < -0.39 is 0 Å². The van der Waals surface area contributed by atoms with Crippen LogP contribution in [0.3, 0.4) is 0 Å². The van der Waals surface area contributed by atoms with Gasteiger partial charge in [-0.1, -0.05) is 18.2 Å². The molecule has 16 heavy (non-hydrogen) atoms. The standard InChI is InChI=1S/C12H14N4/c13-12-11(8-14-15-12)16-7-3-5-9-4-1-2-6-10(9)16/h1-2,4,6,8H,3,5,7H2,(H3,13,14,15). The molecule has 0 spiro atoms. The number of aryl methyl sites for hydroxylation is 1. The summed E-state index contributed by atoms with van der Waals surface area (Å²) in [5.74, 6) is 0.636.